The van der Waals surface area contributed by atoms with Gasteiger partial charge in [0.2, 0.25) is 0 Å². The zero-order valence-electron chi connectivity index (χ0n) is 13.7. The fourth-order valence-electron chi connectivity index (χ4n) is 2.33. The number of nitrogens with zero attached hydrogens (tertiary/aromatic N) is 1. The first-order valence-electron chi connectivity index (χ1n) is 7.15. The Morgan fingerprint density at radius 2 is 1.86 bits per heavy atom. The van der Waals surface area contributed by atoms with E-state index in [1.807, 2.05) is 13.8 Å². The van der Waals surface area contributed by atoms with Gasteiger partial charge in [0.15, 0.2) is 0 Å². The van der Waals surface area contributed by atoms with E-state index in [9.17, 15) is 13.2 Å². The Labute approximate surface area is 132 Å². The molecule has 0 aliphatic heterocycles. The molecule has 0 fully saturated rings. The molecule has 0 aliphatic rings. The predicted molar refractivity (Wildman–Crippen MR) is 85.3 cm³/mol. The van der Waals surface area contributed by atoms with Crippen molar-refractivity contribution in [3.05, 3.63) is 24.3 Å². The number of carbonyl (C=O) groups is 1. The molecule has 1 N–H and O–H groups in total. The third kappa shape index (κ3) is 4.45. The van der Waals surface area contributed by atoms with Crippen LogP contribution in [0.4, 0.5) is 0 Å². The highest BCUT2D eigenvalue weighted by Crippen LogP contribution is 2.23. The standard InChI is InChI=1S/C15H24N2O4S/c1-6-21-12-9-7-8-10-13(12)22(19,20)16-15(18)14(11(2)3)17(4)5/h7-11,14H,6H2,1-5H3,(H,16,18)/t14-/m1/s1. The number of amides is 1. The molecular formula is C15H24N2O4S. The SMILES string of the molecule is CCOc1ccccc1S(=O)(=O)NC(=O)[C@@H](C(C)C)N(C)C. The third-order valence-electron chi connectivity index (χ3n) is 3.13. The van der Waals surface area contributed by atoms with Crippen LogP contribution in [0.25, 0.3) is 0 Å². The predicted octanol–water partition coefficient (Wildman–Crippen LogP) is 1.48. The minimum atomic E-state index is -3.98. The van der Waals surface area contributed by atoms with Gasteiger partial charge in [0, 0.05) is 0 Å². The molecule has 1 atom stereocenters. The molecule has 0 aromatic heterocycles. The molecule has 22 heavy (non-hydrogen) atoms. The zero-order chi connectivity index (χ0) is 16.9. The molecule has 0 unspecified atom stereocenters. The average molecular weight is 328 g/mol. The number of sulfonamides is 1. The summed E-state index contributed by atoms with van der Waals surface area (Å²) < 4.78 is 32.4. The van der Waals surface area contributed by atoms with Crippen LogP contribution in [0.2, 0.25) is 0 Å². The van der Waals surface area contributed by atoms with Crippen molar-refractivity contribution in [2.24, 2.45) is 5.92 Å². The third-order valence-corrected chi connectivity index (χ3v) is 4.52. The molecule has 0 radical (unpaired) electrons. The van der Waals surface area contributed by atoms with Crippen LogP contribution in [-0.4, -0.2) is 46.0 Å². The number of carbonyl (C=O) groups excluding carboxylic acids is 1. The van der Waals surface area contributed by atoms with Gasteiger partial charge >= 0.3 is 0 Å². The Bertz CT molecular complexity index is 604. The minimum absolute atomic E-state index is 0.0210. The van der Waals surface area contributed by atoms with E-state index in [1.165, 1.54) is 6.07 Å². The Kier molecular flexibility index (Phi) is 6.37. The lowest BCUT2D eigenvalue weighted by Gasteiger charge is -2.26. The zero-order valence-corrected chi connectivity index (χ0v) is 14.5. The van der Waals surface area contributed by atoms with Crippen molar-refractivity contribution in [2.45, 2.75) is 31.7 Å². The van der Waals surface area contributed by atoms with E-state index in [4.69, 9.17) is 4.74 Å². The van der Waals surface area contributed by atoms with Gasteiger partial charge in [0.1, 0.15) is 10.6 Å². The van der Waals surface area contributed by atoms with E-state index in [1.54, 1.807) is 44.1 Å². The summed E-state index contributed by atoms with van der Waals surface area (Å²) in [4.78, 5) is 14.0. The maximum absolute atomic E-state index is 12.5. The number of para-hydroxylation sites is 1. The van der Waals surface area contributed by atoms with Gasteiger partial charge in [-0.1, -0.05) is 26.0 Å². The highest BCUT2D eigenvalue weighted by molar-refractivity contribution is 7.90. The van der Waals surface area contributed by atoms with Crippen LogP contribution in [0.5, 0.6) is 5.75 Å². The van der Waals surface area contributed by atoms with Gasteiger partial charge in [-0.2, -0.15) is 0 Å². The molecule has 0 heterocycles. The number of nitrogens with one attached hydrogen (secondary N) is 1. The normalized spacial score (nSPS) is 13.2. The van der Waals surface area contributed by atoms with Gasteiger partial charge in [0.25, 0.3) is 15.9 Å². The van der Waals surface area contributed by atoms with Crippen LogP contribution in [0.3, 0.4) is 0 Å². The molecule has 0 saturated carbocycles. The first kappa shape index (κ1) is 18.4. The lowest BCUT2D eigenvalue weighted by Crippen LogP contribution is -2.48. The van der Waals surface area contributed by atoms with Gasteiger partial charge in [-0.15, -0.1) is 0 Å². The largest absolute Gasteiger partial charge is 0.492 e. The number of rotatable bonds is 7. The fourth-order valence-corrected chi connectivity index (χ4v) is 3.47. The second-order valence-electron chi connectivity index (χ2n) is 5.50. The maximum Gasteiger partial charge on any atom is 0.267 e. The molecule has 1 rings (SSSR count). The first-order valence-corrected chi connectivity index (χ1v) is 8.64. The quantitative estimate of drug-likeness (QED) is 0.820. The monoisotopic (exact) mass is 328 g/mol. The van der Waals surface area contributed by atoms with E-state index < -0.39 is 22.0 Å². The molecule has 1 amide bonds. The maximum atomic E-state index is 12.5. The number of hydrogen-bond acceptors (Lipinski definition) is 5. The molecule has 0 aliphatic carbocycles. The molecule has 124 valence electrons. The van der Waals surface area contributed by atoms with Crippen molar-refractivity contribution in [1.29, 1.82) is 0 Å². The Morgan fingerprint density at radius 3 is 2.36 bits per heavy atom. The Hall–Kier alpha value is -1.60. The van der Waals surface area contributed by atoms with Crippen molar-refractivity contribution >= 4 is 15.9 Å². The van der Waals surface area contributed by atoms with Crippen LogP contribution in [0.15, 0.2) is 29.2 Å². The number of hydrogen-bond donors (Lipinski definition) is 1. The van der Waals surface area contributed by atoms with Gasteiger partial charge in [-0.25, -0.2) is 13.1 Å². The molecule has 0 spiro atoms. The summed E-state index contributed by atoms with van der Waals surface area (Å²) in [5.41, 5.74) is 0. The average Bonchev–Trinajstić information content (AvgIpc) is 2.37. The van der Waals surface area contributed by atoms with Crippen molar-refractivity contribution < 1.29 is 17.9 Å². The highest BCUT2D eigenvalue weighted by Gasteiger charge is 2.29. The first-order chi connectivity index (χ1) is 10.2. The molecule has 1 aromatic rings. The van der Waals surface area contributed by atoms with E-state index in [-0.39, 0.29) is 16.6 Å². The summed E-state index contributed by atoms with van der Waals surface area (Å²) >= 11 is 0. The minimum Gasteiger partial charge on any atom is -0.492 e. The molecule has 0 saturated heterocycles. The van der Waals surface area contributed by atoms with Crippen LogP contribution < -0.4 is 9.46 Å². The second-order valence-corrected chi connectivity index (χ2v) is 7.15. The number of benzene rings is 1. The van der Waals surface area contributed by atoms with Crippen LogP contribution in [0, 0.1) is 5.92 Å². The van der Waals surface area contributed by atoms with Crippen LogP contribution in [0.1, 0.15) is 20.8 Å². The summed E-state index contributed by atoms with van der Waals surface area (Å²) in [6.07, 6.45) is 0. The highest BCUT2D eigenvalue weighted by atomic mass is 32.2. The topological polar surface area (TPSA) is 75.7 Å². The van der Waals surface area contributed by atoms with Crippen molar-refractivity contribution in [3.8, 4) is 5.75 Å². The molecular weight excluding hydrogens is 304 g/mol. The molecule has 0 bridgehead atoms. The van der Waals surface area contributed by atoms with Crippen molar-refractivity contribution in [2.75, 3.05) is 20.7 Å². The summed E-state index contributed by atoms with van der Waals surface area (Å²) in [6.45, 7) is 5.84. The summed E-state index contributed by atoms with van der Waals surface area (Å²) in [7, 11) is -0.493. The molecule has 6 nitrogen and oxygen atoms in total. The summed E-state index contributed by atoms with van der Waals surface area (Å²) in [5.74, 6) is -0.338. The van der Waals surface area contributed by atoms with Gasteiger partial charge in [0.05, 0.1) is 12.6 Å². The van der Waals surface area contributed by atoms with Gasteiger partial charge in [-0.3, -0.25) is 9.69 Å². The van der Waals surface area contributed by atoms with E-state index >= 15 is 0 Å². The van der Waals surface area contributed by atoms with E-state index in [2.05, 4.69) is 4.72 Å². The van der Waals surface area contributed by atoms with E-state index in [0.717, 1.165) is 0 Å². The van der Waals surface area contributed by atoms with Crippen LogP contribution >= 0.6 is 0 Å². The van der Waals surface area contributed by atoms with Gasteiger partial charge < -0.3 is 4.74 Å². The number of likely N-dealkylation sites (N-methyl/N-ethyl adjacent to an activating group) is 1. The smallest absolute Gasteiger partial charge is 0.267 e. The van der Waals surface area contributed by atoms with Crippen molar-refractivity contribution in [3.63, 3.8) is 0 Å². The Balaban J connectivity index is 3.08. The molecule has 1 aromatic carbocycles. The Morgan fingerprint density at radius 1 is 1.27 bits per heavy atom. The van der Waals surface area contributed by atoms with E-state index in [0.29, 0.717) is 6.61 Å². The fraction of sp³-hybridized carbons (Fsp3) is 0.533. The van der Waals surface area contributed by atoms with Crippen molar-refractivity contribution in [1.82, 2.24) is 9.62 Å². The molecule has 7 heteroatoms. The summed E-state index contributed by atoms with van der Waals surface area (Å²) in [6, 6.07) is 5.72. The van der Waals surface area contributed by atoms with Gasteiger partial charge in [-0.05, 0) is 39.1 Å². The number of ether oxygens (including phenoxy) is 1. The van der Waals surface area contributed by atoms with Crippen LogP contribution in [-0.2, 0) is 14.8 Å². The lowest BCUT2D eigenvalue weighted by molar-refractivity contribution is -0.125. The summed E-state index contributed by atoms with van der Waals surface area (Å²) in [5, 5.41) is 0. The lowest BCUT2D eigenvalue weighted by atomic mass is 10.0. The second kappa shape index (κ2) is 7.60.